The van der Waals surface area contributed by atoms with E-state index in [4.69, 9.17) is 11.6 Å². The van der Waals surface area contributed by atoms with Crippen molar-refractivity contribution in [3.8, 4) is 0 Å². The van der Waals surface area contributed by atoms with Crippen LogP contribution in [0.25, 0.3) is 0 Å². The predicted octanol–water partition coefficient (Wildman–Crippen LogP) is 2.74. The van der Waals surface area contributed by atoms with Crippen molar-refractivity contribution in [1.29, 1.82) is 0 Å². The maximum Gasteiger partial charge on any atom is 0.252 e. The number of carbonyl (C=O) groups is 2. The number of hydrogen-bond acceptors (Lipinski definition) is 4. The van der Waals surface area contributed by atoms with Crippen molar-refractivity contribution in [3.63, 3.8) is 0 Å². The van der Waals surface area contributed by atoms with Crippen LogP contribution in [-0.2, 0) is 0 Å². The molecule has 138 valence electrons. The molecule has 0 aliphatic rings. The standard InChI is InChI=1S/C19H23ClN4O2/c1-3-24(4-2)17-10-7-15(13-23-17)19(26)22-12-11-21-18(25)14-5-8-16(20)9-6-14/h5-10,13H,3-4,11-12H2,1-2H3,(H,21,25)(H,22,26). The summed E-state index contributed by atoms with van der Waals surface area (Å²) in [5.74, 6) is 0.423. The second-order valence-corrected chi connectivity index (χ2v) is 6.03. The molecule has 0 fully saturated rings. The van der Waals surface area contributed by atoms with Crippen LogP contribution in [0.5, 0.6) is 0 Å². The van der Waals surface area contributed by atoms with E-state index in [2.05, 4.69) is 34.4 Å². The fourth-order valence-electron chi connectivity index (χ4n) is 2.41. The molecule has 6 nitrogen and oxygen atoms in total. The number of benzene rings is 1. The summed E-state index contributed by atoms with van der Waals surface area (Å²) >= 11 is 5.79. The van der Waals surface area contributed by atoms with E-state index in [1.807, 2.05) is 6.07 Å². The van der Waals surface area contributed by atoms with Gasteiger partial charge in [-0.05, 0) is 50.2 Å². The van der Waals surface area contributed by atoms with Crippen molar-refractivity contribution in [1.82, 2.24) is 15.6 Å². The van der Waals surface area contributed by atoms with Gasteiger partial charge >= 0.3 is 0 Å². The molecule has 7 heteroatoms. The van der Waals surface area contributed by atoms with Gasteiger partial charge in [-0.3, -0.25) is 9.59 Å². The van der Waals surface area contributed by atoms with Gasteiger partial charge < -0.3 is 15.5 Å². The number of rotatable bonds is 8. The molecular formula is C19H23ClN4O2. The Morgan fingerprint density at radius 1 is 0.923 bits per heavy atom. The maximum atomic E-state index is 12.1. The fourth-order valence-corrected chi connectivity index (χ4v) is 2.54. The second-order valence-electron chi connectivity index (χ2n) is 5.60. The average molecular weight is 375 g/mol. The van der Waals surface area contributed by atoms with Crippen LogP contribution in [0, 0.1) is 0 Å². The maximum absolute atomic E-state index is 12.1. The summed E-state index contributed by atoms with van der Waals surface area (Å²) < 4.78 is 0. The van der Waals surface area contributed by atoms with Crippen molar-refractivity contribution in [3.05, 3.63) is 58.7 Å². The molecule has 26 heavy (non-hydrogen) atoms. The molecule has 0 saturated heterocycles. The summed E-state index contributed by atoms with van der Waals surface area (Å²) in [6.07, 6.45) is 1.56. The van der Waals surface area contributed by atoms with E-state index in [9.17, 15) is 9.59 Å². The molecule has 1 heterocycles. The van der Waals surface area contributed by atoms with E-state index in [0.717, 1.165) is 18.9 Å². The van der Waals surface area contributed by atoms with Gasteiger partial charge in [-0.1, -0.05) is 11.6 Å². The van der Waals surface area contributed by atoms with E-state index in [1.165, 1.54) is 0 Å². The van der Waals surface area contributed by atoms with Gasteiger partial charge in [-0.2, -0.15) is 0 Å². The summed E-state index contributed by atoms with van der Waals surface area (Å²) in [5, 5.41) is 6.09. The highest BCUT2D eigenvalue weighted by Crippen LogP contribution is 2.11. The first kappa shape index (κ1) is 19.7. The number of nitrogens with one attached hydrogen (secondary N) is 2. The van der Waals surface area contributed by atoms with Gasteiger partial charge in [0.05, 0.1) is 5.56 Å². The molecule has 2 amide bonds. The van der Waals surface area contributed by atoms with Gasteiger partial charge in [0, 0.05) is 43.0 Å². The molecule has 0 aliphatic heterocycles. The quantitative estimate of drug-likeness (QED) is 0.697. The van der Waals surface area contributed by atoms with Gasteiger partial charge in [0.1, 0.15) is 5.82 Å². The van der Waals surface area contributed by atoms with Crippen LogP contribution in [0.2, 0.25) is 5.02 Å². The smallest absolute Gasteiger partial charge is 0.252 e. The molecule has 0 saturated carbocycles. The van der Waals surface area contributed by atoms with Gasteiger partial charge in [0.15, 0.2) is 0 Å². The summed E-state index contributed by atoms with van der Waals surface area (Å²) in [7, 11) is 0. The monoisotopic (exact) mass is 374 g/mol. The van der Waals surface area contributed by atoms with Crippen LogP contribution in [0.4, 0.5) is 5.82 Å². The Bertz CT molecular complexity index is 728. The number of nitrogens with zero attached hydrogens (tertiary/aromatic N) is 2. The Labute approximate surface area is 158 Å². The van der Waals surface area contributed by atoms with E-state index in [1.54, 1.807) is 36.5 Å². The van der Waals surface area contributed by atoms with Gasteiger partial charge in [-0.15, -0.1) is 0 Å². The SMILES string of the molecule is CCN(CC)c1ccc(C(=O)NCCNC(=O)c2ccc(Cl)cc2)cn1. The first-order chi connectivity index (χ1) is 12.5. The van der Waals surface area contributed by atoms with Gasteiger partial charge in [-0.25, -0.2) is 4.98 Å². The second kappa shape index (κ2) is 9.77. The molecule has 0 radical (unpaired) electrons. The molecule has 2 aromatic rings. The van der Waals surface area contributed by atoms with Crippen LogP contribution in [0.3, 0.4) is 0 Å². The van der Waals surface area contributed by atoms with Crippen molar-refractivity contribution < 1.29 is 9.59 Å². The van der Waals surface area contributed by atoms with Crippen molar-refractivity contribution >= 4 is 29.2 Å². The van der Waals surface area contributed by atoms with E-state index < -0.39 is 0 Å². The number of hydrogen-bond donors (Lipinski definition) is 2. The van der Waals surface area contributed by atoms with E-state index in [-0.39, 0.29) is 11.8 Å². The van der Waals surface area contributed by atoms with Crippen LogP contribution in [0.15, 0.2) is 42.6 Å². The van der Waals surface area contributed by atoms with E-state index >= 15 is 0 Å². The number of carbonyl (C=O) groups excluding carboxylic acids is 2. The molecule has 1 aromatic carbocycles. The fraction of sp³-hybridized carbons (Fsp3) is 0.316. The Hall–Kier alpha value is -2.60. The molecule has 2 N–H and O–H groups in total. The summed E-state index contributed by atoms with van der Waals surface area (Å²) in [6.45, 7) is 6.51. The third kappa shape index (κ3) is 5.46. The summed E-state index contributed by atoms with van der Waals surface area (Å²) in [4.78, 5) is 30.5. The lowest BCUT2D eigenvalue weighted by Gasteiger charge is -2.19. The van der Waals surface area contributed by atoms with Crippen LogP contribution in [0.1, 0.15) is 34.6 Å². The van der Waals surface area contributed by atoms with Gasteiger partial charge in [0.2, 0.25) is 0 Å². The minimum Gasteiger partial charge on any atom is -0.357 e. The van der Waals surface area contributed by atoms with Crippen LogP contribution < -0.4 is 15.5 Å². The molecule has 0 atom stereocenters. The summed E-state index contributed by atoms with van der Waals surface area (Å²) in [5.41, 5.74) is 1.02. The number of pyridine rings is 1. The number of amides is 2. The zero-order valence-electron chi connectivity index (χ0n) is 15.0. The highest BCUT2D eigenvalue weighted by atomic mass is 35.5. The Kier molecular flexibility index (Phi) is 7.41. The van der Waals surface area contributed by atoms with E-state index in [0.29, 0.717) is 29.2 Å². The molecule has 0 aliphatic carbocycles. The third-order valence-electron chi connectivity index (χ3n) is 3.90. The van der Waals surface area contributed by atoms with Crippen LogP contribution in [-0.4, -0.2) is 43.0 Å². The molecular weight excluding hydrogens is 352 g/mol. The van der Waals surface area contributed by atoms with Crippen molar-refractivity contribution in [2.24, 2.45) is 0 Å². The molecule has 2 rings (SSSR count). The highest BCUT2D eigenvalue weighted by Gasteiger charge is 2.09. The lowest BCUT2D eigenvalue weighted by molar-refractivity contribution is 0.0927. The first-order valence-corrected chi connectivity index (χ1v) is 8.96. The van der Waals surface area contributed by atoms with Gasteiger partial charge in [0.25, 0.3) is 11.8 Å². The average Bonchev–Trinajstić information content (AvgIpc) is 2.67. The summed E-state index contributed by atoms with van der Waals surface area (Å²) in [6, 6.07) is 10.2. The third-order valence-corrected chi connectivity index (χ3v) is 4.15. The lowest BCUT2D eigenvalue weighted by atomic mass is 10.2. The van der Waals surface area contributed by atoms with Crippen molar-refractivity contribution in [2.45, 2.75) is 13.8 Å². The zero-order chi connectivity index (χ0) is 18.9. The molecule has 1 aromatic heterocycles. The minimum absolute atomic E-state index is 0.207. The topological polar surface area (TPSA) is 74.3 Å². The Morgan fingerprint density at radius 3 is 1.96 bits per heavy atom. The van der Waals surface area contributed by atoms with Crippen molar-refractivity contribution in [2.75, 3.05) is 31.1 Å². The molecule has 0 unspecified atom stereocenters. The molecule has 0 spiro atoms. The normalized spacial score (nSPS) is 10.3. The molecule has 0 bridgehead atoms. The Balaban J connectivity index is 1.78. The Morgan fingerprint density at radius 2 is 1.46 bits per heavy atom. The largest absolute Gasteiger partial charge is 0.357 e. The minimum atomic E-state index is -0.218. The number of anilines is 1. The number of halogens is 1. The highest BCUT2D eigenvalue weighted by molar-refractivity contribution is 6.30. The van der Waals surface area contributed by atoms with Crippen LogP contribution >= 0.6 is 11.6 Å². The predicted molar refractivity (Wildman–Crippen MR) is 104 cm³/mol. The lowest BCUT2D eigenvalue weighted by Crippen LogP contribution is -2.34. The first-order valence-electron chi connectivity index (χ1n) is 8.58. The zero-order valence-corrected chi connectivity index (χ0v) is 15.7. The number of aromatic nitrogens is 1.